The minimum absolute atomic E-state index is 0.172. The highest BCUT2D eigenvalue weighted by Crippen LogP contribution is 2.16. The van der Waals surface area contributed by atoms with Gasteiger partial charge in [0, 0.05) is 25.5 Å². The lowest BCUT2D eigenvalue weighted by atomic mass is 10.00. The molecule has 1 heterocycles. The van der Waals surface area contributed by atoms with Gasteiger partial charge in [-0.25, -0.2) is 9.48 Å². The quantitative estimate of drug-likeness (QED) is 0.737. The molecule has 0 saturated carbocycles. The summed E-state index contributed by atoms with van der Waals surface area (Å²) in [6, 6.07) is 13.9. The van der Waals surface area contributed by atoms with Crippen molar-refractivity contribution in [2.45, 2.75) is 33.9 Å². The average molecular weight is 348 g/mol. The van der Waals surface area contributed by atoms with Gasteiger partial charge in [-0.3, -0.25) is 0 Å². The highest BCUT2D eigenvalue weighted by Gasteiger charge is 2.07. The Morgan fingerprint density at radius 2 is 1.73 bits per heavy atom. The molecular weight excluding hydrogens is 324 g/mol. The van der Waals surface area contributed by atoms with Crippen molar-refractivity contribution in [3.8, 4) is 5.69 Å². The van der Waals surface area contributed by atoms with Crippen molar-refractivity contribution in [2.75, 3.05) is 0 Å². The van der Waals surface area contributed by atoms with E-state index in [1.807, 2.05) is 36.5 Å². The van der Waals surface area contributed by atoms with Crippen LogP contribution in [0.4, 0.5) is 4.79 Å². The maximum atomic E-state index is 12.2. The van der Waals surface area contributed by atoms with E-state index in [9.17, 15) is 4.79 Å². The highest BCUT2D eigenvalue weighted by molar-refractivity contribution is 5.74. The zero-order valence-electron chi connectivity index (χ0n) is 15.4. The molecule has 0 bridgehead atoms. The topological polar surface area (TPSA) is 59.0 Å². The summed E-state index contributed by atoms with van der Waals surface area (Å²) in [6.45, 7) is 7.23. The standard InChI is InChI=1S/C21H24N4O/c1-15-10-16(2)20(17(3)11-15)14-23-21(26)22-13-18-6-4-7-19(12-18)25-9-5-8-24-25/h4-12H,13-14H2,1-3H3,(H2,22,23,26). The number of hydrogen-bond acceptors (Lipinski definition) is 2. The summed E-state index contributed by atoms with van der Waals surface area (Å²) < 4.78 is 1.80. The van der Waals surface area contributed by atoms with Crippen LogP contribution < -0.4 is 10.6 Å². The summed E-state index contributed by atoms with van der Waals surface area (Å²) in [4.78, 5) is 12.2. The minimum Gasteiger partial charge on any atom is -0.334 e. The van der Waals surface area contributed by atoms with Gasteiger partial charge in [-0.15, -0.1) is 0 Å². The van der Waals surface area contributed by atoms with Crippen molar-refractivity contribution in [2.24, 2.45) is 0 Å². The van der Waals surface area contributed by atoms with E-state index < -0.39 is 0 Å². The molecule has 0 spiro atoms. The average Bonchev–Trinajstić information content (AvgIpc) is 3.14. The Balaban J connectivity index is 1.56. The number of aromatic nitrogens is 2. The predicted molar refractivity (Wildman–Crippen MR) is 103 cm³/mol. The number of nitrogens with one attached hydrogen (secondary N) is 2. The number of hydrogen-bond donors (Lipinski definition) is 2. The van der Waals surface area contributed by atoms with Crippen LogP contribution in [-0.2, 0) is 13.1 Å². The normalized spacial score (nSPS) is 10.6. The fraction of sp³-hybridized carbons (Fsp3) is 0.238. The molecule has 3 rings (SSSR count). The molecule has 2 aromatic carbocycles. The molecule has 0 unspecified atom stereocenters. The van der Waals surface area contributed by atoms with Crippen LogP contribution in [0.1, 0.15) is 27.8 Å². The molecule has 0 aliphatic heterocycles. The van der Waals surface area contributed by atoms with Crippen molar-refractivity contribution in [1.29, 1.82) is 0 Å². The van der Waals surface area contributed by atoms with Gasteiger partial charge in [0.05, 0.1) is 5.69 Å². The second-order valence-corrected chi connectivity index (χ2v) is 6.53. The third kappa shape index (κ3) is 4.30. The lowest BCUT2D eigenvalue weighted by Gasteiger charge is -2.13. The molecule has 2 N–H and O–H groups in total. The van der Waals surface area contributed by atoms with Crippen molar-refractivity contribution >= 4 is 6.03 Å². The van der Waals surface area contributed by atoms with E-state index in [1.165, 1.54) is 22.3 Å². The fourth-order valence-electron chi connectivity index (χ4n) is 3.13. The van der Waals surface area contributed by atoms with Crippen molar-refractivity contribution in [3.63, 3.8) is 0 Å². The number of urea groups is 1. The summed E-state index contributed by atoms with van der Waals surface area (Å²) >= 11 is 0. The first kappa shape index (κ1) is 17.7. The van der Waals surface area contributed by atoms with Gasteiger partial charge in [-0.2, -0.15) is 5.10 Å². The Morgan fingerprint density at radius 3 is 2.42 bits per heavy atom. The van der Waals surface area contributed by atoms with Crippen LogP contribution in [0.3, 0.4) is 0 Å². The second kappa shape index (κ2) is 7.87. The lowest BCUT2D eigenvalue weighted by Crippen LogP contribution is -2.34. The van der Waals surface area contributed by atoms with Crippen LogP contribution in [0.25, 0.3) is 5.69 Å². The Hall–Kier alpha value is -3.08. The largest absolute Gasteiger partial charge is 0.334 e. The van der Waals surface area contributed by atoms with E-state index >= 15 is 0 Å². The van der Waals surface area contributed by atoms with Gasteiger partial charge in [0.25, 0.3) is 0 Å². The molecule has 0 aliphatic carbocycles. The maximum Gasteiger partial charge on any atom is 0.315 e. The van der Waals surface area contributed by atoms with Gasteiger partial charge in [0.1, 0.15) is 0 Å². The molecule has 5 nitrogen and oxygen atoms in total. The fourth-order valence-corrected chi connectivity index (χ4v) is 3.13. The molecule has 0 radical (unpaired) electrons. The van der Waals surface area contributed by atoms with E-state index in [4.69, 9.17) is 0 Å². The summed E-state index contributed by atoms with van der Waals surface area (Å²) in [5.41, 5.74) is 6.82. The molecule has 26 heavy (non-hydrogen) atoms. The van der Waals surface area contributed by atoms with Crippen LogP contribution in [0.15, 0.2) is 54.9 Å². The predicted octanol–water partition coefficient (Wildman–Crippen LogP) is 3.80. The molecule has 5 heteroatoms. The first-order valence-electron chi connectivity index (χ1n) is 8.70. The molecule has 1 aromatic heterocycles. The number of nitrogens with zero attached hydrogens (tertiary/aromatic N) is 2. The first-order chi connectivity index (χ1) is 12.5. The van der Waals surface area contributed by atoms with Crippen LogP contribution in [0, 0.1) is 20.8 Å². The number of rotatable bonds is 5. The van der Waals surface area contributed by atoms with Gasteiger partial charge in [-0.05, 0) is 61.2 Å². The number of carbonyl (C=O) groups excluding carboxylic acids is 1. The molecule has 0 aliphatic rings. The van der Waals surface area contributed by atoms with Gasteiger partial charge >= 0.3 is 6.03 Å². The van der Waals surface area contributed by atoms with E-state index in [0.717, 1.165) is 11.3 Å². The second-order valence-electron chi connectivity index (χ2n) is 6.53. The Kier molecular flexibility index (Phi) is 5.37. The van der Waals surface area contributed by atoms with Gasteiger partial charge < -0.3 is 10.6 Å². The SMILES string of the molecule is Cc1cc(C)c(CNC(=O)NCc2cccc(-n3cccn3)c2)c(C)c1. The van der Waals surface area contributed by atoms with E-state index in [0.29, 0.717) is 13.1 Å². The van der Waals surface area contributed by atoms with Gasteiger partial charge in [-0.1, -0.05) is 29.8 Å². The molecule has 2 amide bonds. The van der Waals surface area contributed by atoms with Crippen LogP contribution in [0.2, 0.25) is 0 Å². The summed E-state index contributed by atoms with van der Waals surface area (Å²) in [5, 5.41) is 10.1. The molecular formula is C21H24N4O. The van der Waals surface area contributed by atoms with Crippen LogP contribution in [-0.4, -0.2) is 15.8 Å². The minimum atomic E-state index is -0.172. The Morgan fingerprint density at radius 1 is 1.00 bits per heavy atom. The third-order valence-electron chi connectivity index (χ3n) is 4.40. The number of benzene rings is 2. The molecule has 0 saturated heterocycles. The van der Waals surface area contributed by atoms with Crippen molar-refractivity contribution < 1.29 is 4.79 Å². The number of aryl methyl sites for hydroxylation is 3. The van der Waals surface area contributed by atoms with Gasteiger partial charge in [0.15, 0.2) is 0 Å². The summed E-state index contributed by atoms with van der Waals surface area (Å²) in [6.07, 6.45) is 3.64. The first-order valence-corrected chi connectivity index (χ1v) is 8.70. The smallest absolute Gasteiger partial charge is 0.315 e. The van der Waals surface area contributed by atoms with Crippen molar-refractivity contribution in [1.82, 2.24) is 20.4 Å². The van der Waals surface area contributed by atoms with Crippen LogP contribution >= 0.6 is 0 Å². The zero-order chi connectivity index (χ0) is 18.5. The molecule has 0 atom stereocenters. The Bertz CT molecular complexity index is 877. The molecule has 0 fully saturated rings. The van der Waals surface area contributed by atoms with Crippen LogP contribution in [0.5, 0.6) is 0 Å². The number of amides is 2. The molecule has 3 aromatic rings. The number of carbonyl (C=O) groups is 1. The maximum absolute atomic E-state index is 12.2. The lowest BCUT2D eigenvalue weighted by molar-refractivity contribution is 0.240. The third-order valence-corrected chi connectivity index (χ3v) is 4.40. The summed E-state index contributed by atoms with van der Waals surface area (Å²) in [7, 11) is 0. The highest BCUT2D eigenvalue weighted by atomic mass is 16.2. The Labute approximate surface area is 154 Å². The van der Waals surface area contributed by atoms with Crippen molar-refractivity contribution in [3.05, 3.63) is 82.7 Å². The zero-order valence-corrected chi connectivity index (χ0v) is 15.4. The van der Waals surface area contributed by atoms with E-state index in [1.54, 1.807) is 10.9 Å². The monoisotopic (exact) mass is 348 g/mol. The van der Waals surface area contributed by atoms with Gasteiger partial charge in [0.2, 0.25) is 0 Å². The van der Waals surface area contributed by atoms with E-state index in [-0.39, 0.29) is 6.03 Å². The van der Waals surface area contributed by atoms with E-state index in [2.05, 4.69) is 48.6 Å². The molecule has 134 valence electrons. The summed E-state index contributed by atoms with van der Waals surface area (Å²) in [5.74, 6) is 0.